The van der Waals surface area contributed by atoms with Gasteiger partial charge in [0.25, 0.3) is 0 Å². The molecule has 1 N–H and O–H groups in total. The molecule has 2 nitrogen and oxygen atoms in total. The molecule has 0 bridgehead atoms. The summed E-state index contributed by atoms with van der Waals surface area (Å²) in [5, 5.41) is 3.58. The van der Waals surface area contributed by atoms with Crippen molar-refractivity contribution in [1.82, 2.24) is 5.32 Å². The zero-order valence-electron chi connectivity index (χ0n) is 14.0. The molecule has 1 atom stereocenters. The second kappa shape index (κ2) is 7.95. The molecule has 0 saturated heterocycles. The summed E-state index contributed by atoms with van der Waals surface area (Å²) < 4.78 is 6.35. The van der Waals surface area contributed by atoms with Gasteiger partial charge in [0.05, 0.1) is 5.60 Å². The minimum Gasteiger partial charge on any atom is -0.374 e. The van der Waals surface area contributed by atoms with E-state index < -0.39 is 0 Å². The molecule has 1 unspecified atom stereocenters. The molecule has 1 aliphatic carbocycles. The highest BCUT2D eigenvalue weighted by atomic mass is 16.5. The average Bonchev–Trinajstić information content (AvgIpc) is 2.73. The van der Waals surface area contributed by atoms with Crippen LogP contribution < -0.4 is 5.32 Å². The third kappa shape index (κ3) is 4.08. The lowest BCUT2D eigenvalue weighted by Gasteiger charge is -2.40. The Morgan fingerprint density at radius 1 is 1.14 bits per heavy atom. The van der Waals surface area contributed by atoms with E-state index >= 15 is 0 Å². The maximum absolute atomic E-state index is 6.35. The van der Waals surface area contributed by atoms with Crippen molar-refractivity contribution in [2.45, 2.75) is 70.4 Å². The smallest absolute Gasteiger partial charge is 0.0837 e. The summed E-state index contributed by atoms with van der Waals surface area (Å²) in [5.74, 6) is 0. The van der Waals surface area contributed by atoms with E-state index in [2.05, 4.69) is 50.5 Å². The first kappa shape index (κ1) is 16.5. The molecule has 1 aromatic carbocycles. The summed E-state index contributed by atoms with van der Waals surface area (Å²) in [4.78, 5) is 0. The van der Waals surface area contributed by atoms with E-state index in [1.807, 2.05) is 0 Å². The van der Waals surface area contributed by atoms with Crippen LogP contribution in [0.1, 0.15) is 56.6 Å². The fraction of sp³-hybridized carbons (Fsp3) is 0.684. The van der Waals surface area contributed by atoms with Gasteiger partial charge in [-0.25, -0.2) is 0 Å². The number of benzene rings is 1. The Morgan fingerprint density at radius 3 is 2.38 bits per heavy atom. The standard InChI is InChI=1S/C19H31NO/c1-4-21-19(13-9-5-6-10-14-19)18(20-3)15-17-12-8-7-11-16(17)2/h7-8,11-12,18,20H,4-6,9-10,13-15H2,1-3H3. The molecule has 2 rings (SSSR count). The predicted molar refractivity (Wildman–Crippen MR) is 89.8 cm³/mol. The van der Waals surface area contributed by atoms with Crippen LogP contribution in [0.25, 0.3) is 0 Å². The molecule has 2 heteroatoms. The Balaban J connectivity index is 2.20. The van der Waals surface area contributed by atoms with Crippen molar-refractivity contribution < 1.29 is 4.74 Å². The zero-order chi connectivity index (χ0) is 15.1. The van der Waals surface area contributed by atoms with Crippen molar-refractivity contribution in [2.24, 2.45) is 0 Å². The first-order valence-corrected chi connectivity index (χ1v) is 8.57. The Hall–Kier alpha value is -0.860. The summed E-state index contributed by atoms with van der Waals surface area (Å²) in [6, 6.07) is 9.14. The monoisotopic (exact) mass is 289 g/mol. The molecule has 118 valence electrons. The molecule has 0 radical (unpaired) electrons. The maximum atomic E-state index is 6.35. The van der Waals surface area contributed by atoms with Crippen molar-refractivity contribution in [3.05, 3.63) is 35.4 Å². The molecule has 1 saturated carbocycles. The van der Waals surface area contributed by atoms with E-state index in [1.54, 1.807) is 0 Å². The Morgan fingerprint density at radius 2 is 1.81 bits per heavy atom. The van der Waals surface area contributed by atoms with Gasteiger partial charge in [-0.1, -0.05) is 49.9 Å². The number of aryl methyl sites for hydroxylation is 1. The molecule has 1 aromatic rings. The first-order chi connectivity index (χ1) is 10.2. The summed E-state index contributed by atoms with van der Waals surface area (Å²) in [7, 11) is 2.09. The Kier molecular flexibility index (Phi) is 6.25. The molecule has 0 spiro atoms. The fourth-order valence-corrected chi connectivity index (χ4v) is 3.82. The third-order valence-electron chi connectivity index (χ3n) is 5.05. The summed E-state index contributed by atoms with van der Waals surface area (Å²) in [6.07, 6.45) is 8.75. The van der Waals surface area contributed by atoms with Crippen LogP contribution in [-0.4, -0.2) is 25.3 Å². The van der Waals surface area contributed by atoms with E-state index in [1.165, 1.54) is 49.7 Å². The first-order valence-electron chi connectivity index (χ1n) is 8.57. The molecule has 21 heavy (non-hydrogen) atoms. The van der Waals surface area contributed by atoms with Gasteiger partial charge in [0.15, 0.2) is 0 Å². The largest absolute Gasteiger partial charge is 0.374 e. The van der Waals surface area contributed by atoms with Gasteiger partial charge in [0, 0.05) is 12.6 Å². The van der Waals surface area contributed by atoms with Gasteiger partial charge >= 0.3 is 0 Å². The Bertz CT molecular complexity index is 421. The van der Waals surface area contributed by atoms with E-state index in [9.17, 15) is 0 Å². The van der Waals surface area contributed by atoms with E-state index in [4.69, 9.17) is 4.74 Å². The second-order valence-electron chi connectivity index (χ2n) is 6.38. The number of nitrogens with one attached hydrogen (secondary N) is 1. The average molecular weight is 289 g/mol. The molecule has 0 amide bonds. The van der Waals surface area contributed by atoms with Gasteiger partial charge in [-0.3, -0.25) is 0 Å². The van der Waals surface area contributed by atoms with Crippen LogP contribution in [0.5, 0.6) is 0 Å². The van der Waals surface area contributed by atoms with Crippen molar-refractivity contribution in [2.75, 3.05) is 13.7 Å². The lowest BCUT2D eigenvalue weighted by Crippen LogP contribution is -2.52. The van der Waals surface area contributed by atoms with Crippen molar-refractivity contribution >= 4 is 0 Å². The van der Waals surface area contributed by atoms with Gasteiger partial charge in [-0.05, 0) is 51.3 Å². The van der Waals surface area contributed by atoms with Crippen LogP contribution in [0.3, 0.4) is 0 Å². The number of rotatable bonds is 6. The number of hydrogen-bond donors (Lipinski definition) is 1. The maximum Gasteiger partial charge on any atom is 0.0837 e. The van der Waals surface area contributed by atoms with Gasteiger partial charge < -0.3 is 10.1 Å². The molecule has 0 aliphatic heterocycles. The molecule has 0 aromatic heterocycles. The molecule has 0 heterocycles. The summed E-state index contributed by atoms with van der Waals surface area (Å²) >= 11 is 0. The van der Waals surface area contributed by atoms with Crippen LogP contribution in [0, 0.1) is 6.92 Å². The normalized spacial score (nSPS) is 20.0. The highest BCUT2D eigenvalue weighted by Gasteiger charge is 2.39. The molecular weight excluding hydrogens is 258 g/mol. The van der Waals surface area contributed by atoms with Gasteiger partial charge in [0.2, 0.25) is 0 Å². The highest BCUT2D eigenvalue weighted by molar-refractivity contribution is 5.27. The molecular formula is C19H31NO. The Labute approximate surface area is 130 Å². The van der Waals surface area contributed by atoms with Gasteiger partial charge in [0.1, 0.15) is 0 Å². The van der Waals surface area contributed by atoms with Crippen LogP contribution in [0.15, 0.2) is 24.3 Å². The minimum atomic E-state index is 0.0162. The number of likely N-dealkylation sites (N-methyl/N-ethyl adjacent to an activating group) is 1. The van der Waals surface area contributed by atoms with Gasteiger partial charge in [-0.15, -0.1) is 0 Å². The summed E-state index contributed by atoms with van der Waals surface area (Å²) in [5.41, 5.74) is 2.85. The van der Waals surface area contributed by atoms with Crippen molar-refractivity contribution in [3.63, 3.8) is 0 Å². The lowest BCUT2D eigenvalue weighted by atomic mass is 9.82. The molecule has 1 fully saturated rings. The number of hydrogen-bond acceptors (Lipinski definition) is 2. The van der Waals surface area contributed by atoms with Crippen LogP contribution in [0.2, 0.25) is 0 Å². The minimum absolute atomic E-state index is 0.0162. The van der Waals surface area contributed by atoms with Crippen LogP contribution >= 0.6 is 0 Å². The van der Waals surface area contributed by atoms with Crippen LogP contribution in [0.4, 0.5) is 0 Å². The van der Waals surface area contributed by atoms with Crippen molar-refractivity contribution in [1.29, 1.82) is 0 Å². The highest BCUT2D eigenvalue weighted by Crippen LogP contribution is 2.35. The molecule has 1 aliphatic rings. The SMILES string of the molecule is CCOC1(C(Cc2ccccc2C)NC)CCCCCC1. The lowest BCUT2D eigenvalue weighted by molar-refractivity contribution is -0.0752. The summed E-state index contributed by atoms with van der Waals surface area (Å²) in [6.45, 7) is 5.15. The second-order valence-corrected chi connectivity index (χ2v) is 6.38. The van der Waals surface area contributed by atoms with Gasteiger partial charge in [-0.2, -0.15) is 0 Å². The van der Waals surface area contributed by atoms with E-state index in [-0.39, 0.29) is 5.60 Å². The fourth-order valence-electron chi connectivity index (χ4n) is 3.82. The van der Waals surface area contributed by atoms with Crippen LogP contribution in [-0.2, 0) is 11.2 Å². The third-order valence-corrected chi connectivity index (χ3v) is 5.05. The quantitative estimate of drug-likeness (QED) is 0.790. The zero-order valence-corrected chi connectivity index (χ0v) is 14.0. The number of ether oxygens (including phenoxy) is 1. The van der Waals surface area contributed by atoms with E-state index in [0.717, 1.165) is 13.0 Å². The van der Waals surface area contributed by atoms with Crippen molar-refractivity contribution in [3.8, 4) is 0 Å². The van der Waals surface area contributed by atoms with E-state index in [0.29, 0.717) is 6.04 Å². The predicted octanol–water partition coefficient (Wildman–Crippen LogP) is 4.26. The topological polar surface area (TPSA) is 21.3 Å².